The standard InChI is InChI=1S/C16H15N3OS3/c1-2-11-6-3-4-8-13(11)14(20)17-15-18-19-16(23-15)22-10-12-7-5-9-21-12/h3-9H,2,10H2,1H3,(H,17,18,20). The highest BCUT2D eigenvalue weighted by atomic mass is 32.2. The Morgan fingerprint density at radius 3 is 2.87 bits per heavy atom. The van der Waals surface area contributed by atoms with Gasteiger partial charge in [-0.1, -0.05) is 54.3 Å². The van der Waals surface area contributed by atoms with E-state index in [-0.39, 0.29) is 5.91 Å². The minimum Gasteiger partial charge on any atom is -0.296 e. The van der Waals surface area contributed by atoms with E-state index in [2.05, 4.69) is 27.0 Å². The number of carbonyl (C=O) groups is 1. The van der Waals surface area contributed by atoms with Crippen LogP contribution in [0.5, 0.6) is 0 Å². The van der Waals surface area contributed by atoms with E-state index in [4.69, 9.17) is 0 Å². The molecular formula is C16H15N3OS3. The molecule has 0 unspecified atom stereocenters. The van der Waals surface area contributed by atoms with Crippen LogP contribution in [-0.2, 0) is 12.2 Å². The molecule has 0 spiro atoms. The topological polar surface area (TPSA) is 54.9 Å². The number of nitrogens with one attached hydrogen (secondary N) is 1. The molecule has 4 nitrogen and oxygen atoms in total. The van der Waals surface area contributed by atoms with Crippen LogP contribution in [0.1, 0.15) is 27.7 Å². The maximum atomic E-state index is 12.4. The van der Waals surface area contributed by atoms with Crippen LogP contribution in [0, 0.1) is 0 Å². The summed E-state index contributed by atoms with van der Waals surface area (Å²) in [6, 6.07) is 11.8. The van der Waals surface area contributed by atoms with E-state index in [1.807, 2.05) is 37.3 Å². The Hall–Kier alpha value is -1.70. The summed E-state index contributed by atoms with van der Waals surface area (Å²) in [7, 11) is 0. The van der Waals surface area contributed by atoms with Crippen molar-refractivity contribution in [3.63, 3.8) is 0 Å². The van der Waals surface area contributed by atoms with Gasteiger partial charge in [0.1, 0.15) is 0 Å². The highest BCUT2D eigenvalue weighted by Crippen LogP contribution is 2.29. The molecule has 3 rings (SSSR count). The highest BCUT2D eigenvalue weighted by molar-refractivity contribution is 8.00. The summed E-state index contributed by atoms with van der Waals surface area (Å²) in [6.07, 6.45) is 0.821. The van der Waals surface area contributed by atoms with Gasteiger partial charge in [0.05, 0.1) is 0 Å². The lowest BCUT2D eigenvalue weighted by molar-refractivity contribution is 0.102. The van der Waals surface area contributed by atoms with Gasteiger partial charge < -0.3 is 0 Å². The van der Waals surface area contributed by atoms with Crippen LogP contribution < -0.4 is 5.32 Å². The summed E-state index contributed by atoms with van der Waals surface area (Å²) >= 11 is 4.77. The van der Waals surface area contributed by atoms with Crippen molar-refractivity contribution in [1.82, 2.24) is 10.2 Å². The molecule has 1 amide bonds. The first-order valence-corrected chi connectivity index (χ1v) is 9.82. The fraction of sp³-hybridized carbons (Fsp3) is 0.188. The van der Waals surface area contributed by atoms with E-state index in [9.17, 15) is 4.79 Å². The molecule has 0 bridgehead atoms. The van der Waals surface area contributed by atoms with Crippen LogP contribution >= 0.6 is 34.4 Å². The Labute approximate surface area is 147 Å². The van der Waals surface area contributed by atoms with Gasteiger partial charge in [-0.05, 0) is 29.5 Å². The Bertz CT molecular complexity index is 783. The number of nitrogens with zero attached hydrogens (tertiary/aromatic N) is 2. The highest BCUT2D eigenvalue weighted by Gasteiger charge is 2.13. The van der Waals surface area contributed by atoms with Gasteiger partial charge in [0, 0.05) is 16.2 Å². The van der Waals surface area contributed by atoms with Crippen LogP contribution in [0.15, 0.2) is 46.1 Å². The molecule has 3 aromatic rings. The maximum absolute atomic E-state index is 12.4. The van der Waals surface area contributed by atoms with Crippen molar-refractivity contribution in [2.75, 3.05) is 5.32 Å². The number of anilines is 1. The molecular weight excluding hydrogens is 346 g/mol. The van der Waals surface area contributed by atoms with Crippen molar-refractivity contribution in [3.8, 4) is 0 Å². The number of aromatic nitrogens is 2. The van der Waals surface area contributed by atoms with Gasteiger partial charge in [0.15, 0.2) is 4.34 Å². The van der Waals surface area contributed by atoms with Gasteiger partial charge in [-0.15, -0.1) is 21.5 Å². The lowest BCUT2D eigenvalue weighted by Crippen LogP contribution is -2.13. The zero-order valence-electron chi connectivity index (χ0n) is 12.5. The smallest absolute Gasteiger partial charge is 0.257 e. The average Bonchev–Trinajstić information content (AvgIpc) is 3.24. The fourth-order valence-corrected chi connectivity index (χ4v) is 4.58. The third kappa shape index (κ3) is 4.19. The van der Waals surface area contributed by atoms with Crippen LogP contribution in [0.3, 0.4) is 0 Å². The molecule has 0 aliphatic carbocycles. The molecule has 0 saturated heterocycles. The Morgan fingerprint density at radius 1 is 1.22 bits per heavy atom. The molecule has 2 aromatic heterocycles. The number of carbonyl (C=O) groups excluding carboxylic acids is 1. The third-order valence-corrected chi connectivity index (χ3v) is 6.27. The van der Waals surface area contributed by atoms with Crippen LogP contribution in [-0.4, -0.2) is 16.1 Å². The van der Waals surface area contributed by atoms with Gasteiger partial charge >= 0.3 is 0 Å². The van der Waals surface area contributed by atoms with Gasteiger partial charge in [0.2, 0.25) is 5.13 Å². The second-order valence-electron chi connectivity index (χ2n) is 4.71. The summed E-state index contributed by atoms with van der Waals surface area (Å²) in [5.41, 5.74) is 1.72. The number of thioether (sulfide) groups is 1. The monoisotopic (exact) mass is 361 g/mol. The van der Waals surface area contributed by atoms with Crippen molar-refractivity contribution in [3.05, 3.63) is 57.8 Å². The van der Waals surface area contributed by atoms with Gasteiger partial charge in [-0.2, -0.15) is 0 Å². The van der Waals surface area contributed by atoms with Gasteiger partial charge in [0.25, 0.3) is 5.91 Å². The number of hydrogen-bond acceptors (Lipinski definition) is 6. The molecule has 0 radical (unpaired) electrons. The zero-order chi connectivity index (χ0) is 16.1. The normalized spacial score (nSPS) is 10.7. The molecule has 2 heterocycles. The van der Waals surface area contributed by atoms with E-state index in [1.165, 1.54) is 16.2 Å². The predicted molar refractivity (Wildman–Crippen MR) is 97.6 cm³/mol. The first-order chi connectivity index (χ1) is 11.3. The first kappa shape index (κ1) is 16.2. The minimum atomic E-state index is -0.131. The second-order valence-corrected chi connectivity index (χ2v) is 7.94. The zero-order valence-corrected chi connectivity index (χ0v) is 14.9. The van der Waals surface area contributed by atoms with Crippen molar-refractivity contribution in [2.24, 2.45) is 0 Å². The predicted octanol–water partition coefficient (Wildman–Crippen LogP) is 4.71. The van der Waals surface area contributed by atoms with E-state index in [0.717, 1.165) is 22.1 Å². The van der Waals surface area contributed by atoms with E-state index < -0.39 is 0 Å². The van der Waals surface area contributed by atoms with E-state index >= 15 is 0 Å². The molecule has 0 atom stereocenters. The summed E-state index contributed by atoms with van der Waals surface area (Å²) in [4.78, 5) is 13.7. The van der Waals surface area contributed by atoms with Gasteiger partial charge in [-0.25, -0.2) is 0 Å². The third-order valence-electron chi connectivity index (χ3n) is 3.19. The number of thiophene rings is 1. The largest absolute Gasteiger partial charge is 0.296 e. The molecule has 118 valence electrons. The lowest BCUT2D eigenvalue weighted by Gasteiger charge is -2.06. The number of hydrogen-bond donors (Lipinski definition) is 1. The Morgan fingerprint density at radius 2 is 2.09 bits per heavy atom. The van der Waals surface area contributed by atoms with E-state index in [1.54, 1.807) is 23.1 Å². The molecule has 0 saturated carbocycles. The number of aryl methyl sites for hydroxylation is 1. The summed E-state index contributed by atoms with van der Waals surface area (Å²) in [5.74, 6) is 0.743. The molecule has 1 N–H and O–H groups in total. The molecule has 0 aliphatic heterocycles. The summed E-state index contributed by atoms with van der Waals surface area (Å²) < 4.78 is 0.859. The Balaban J connectivity index is 1.63. The van der Waals surface area contributed by atoms with Crippen molar-refractivity contribution in [2.45, 2.75) is 23.4 Å². The van der Waals surface area contributed by atoms with Crippen molar-refractivity contribution in [1.29, 1.82) is 0 Å². The molecule has 23 heavy (non-hydrogen) atoms. The first-order valence-electron chi connectivity index (χ1n) is 7.14. The second kappa shape index (κ2) is 7.72. The minimum absolute atomic E-state index is 0.131. The number of amides is 1. The molecule has 0 fully saturated rings. The van der Waals surface area contributed by atoms with Crippen LogP contribution in [0.25, 0.3) is 0 Å². The molecule has 0 aliphatic rings. The summed E-state index contributed by atoms with van der Waals surface area (Å²) in [5, 5.41) is 13.6. The quantitative estimate of drug-likeness (QED) is 0.510. The van der Waals surface area contributed by atoms with Crippen LogP contribution in [0.2, 0.25) is 0 Å². The van der Waals surface area contributed by atoms with Crippen molar-refractivity contribution < 1.29 is 4.79 Å². The van der Waals surface area contributed by atoms with E-state index in [0.29, 0.717) is 10.7 Å². The lowest BCUT2D eigenvalue weighted by atomic mass is 10.1. The van der Waals surface area contributed by atoms with Crippen LogP contribution in [0.4, 0.5) is 5.13 Å². The maximum Gasteiger partial charge on any atom is 0.257 e. The number of benzene rings is 1. The molecule has 1 aromatic carbocycles. The number of rotatable bonds is 6. The average molecular weight is 362 g/mol. The fourth-order valence-electron chi connectivity index (χ4n) is 2.06. The van der Waals surface area contributed by atoms with Crippen molar-refractivity contribution >= 4 is 45.5 Å². The summed E-state index contributed by atoms with van der Waals surface area (Å²) in [6.45, 7) is 2.04. The SMILES string of the molecule is CCc1ccccc1C(=O)Nc1nnc(SCc2cccs2)s1. The Kier molecular flexibility index (Phi) is 5.43. The van der Waals surface area contributed by atoms with Gasteiger partial charge in [-0.3, -0.25) is 10.1 Å². The molecule has 7 heteroatoms.